The van der Waals surface area contributed by atoms with Gasteiger partial charge in [0.05, 0.1) is 13.2 Å². The molecule has 0 spiro atoms. The van der Waals surface area contributed by atoms with Crippen molar-refractivity contribution in [3.05, 3.63) is 65.2 Å². The number of carbonyl (C=O) groups excluding carboxylic acids is 2. The number of ether oxygens (including phenoxy) is 1. The molecule has 2 fully saturated rings. The molecule has 30 heavy (non-hydrogen) atoms. The normalized spacial score (nSPS) is 19.6. The standard InChI is InChI=1S/C25H30N2O3/c1-30-22-14-12-20(13-15-22)23-6-3-2-4-17-27(23)25(29)21-10-8-19(9-11-21)18-26-16-5-7-24(26)28/h8-15,23H,2-7,16-18H2,1H3/t23-/m0/s1. The zero-order valence-electron chi connectivity index (χ0n) is 17.7. The van der Waals surface area contributed by atoms with Gasteiger partial charge in [-0.25, -0.2) is 0 Å². The van der Waals surface area contributed by atoms with E-state index >= 15 is 0 Å². The maximum absolute atomic E-state index is 13.4. The van der Waals surface area contributed by atoms with Crippen LogP contribution in [0.15, 0.2) is 48.5 Å². The van der Waals surface area contributed by atoms with Crippen LogP contribution in [0, 0.1) is 0 Å². The highest BCUT2D eigenvalue weighted by atomic mass is 16.5. The summed E-state index contributed by atoms with van der Waals surface area (Å²) in [6, 6.07) is 16.0. The van der Waals surface area contributed by atoms with Crippen molar-refractivity contribution < 1.29 is 14.3 Å². The van der Waals surface area contributed by atoms with Crippen molar-refractivity contribution in [1.29, 1.82) is 0 Å². The second-order valence-corrected chi connectivity index (χ2v) is 8.25. The van der Waals surface area contributed by atoms with E-state index in [0.29, 0.717) is 18.5 Å². The average Bonchev–Trinajstić information content (AvgIpc) is 3.03. The van der Waals surface area contributed by atoms with Gasteiger partial charge >= 0.3 is 0 Å². The summed E-state index contributed by atoms with van der Waals surface area (Å²) in [5.41, 5.74) is 2.95. The molecule has 0 saturated carbocycles. The number of methoxy groups -OCH3 is 1. The molecule has 2 aromatic carbocycles. The molecule has 1 atom stereocenters. The lowest BCUT2D eigenvalue weighted by molar-refractivity contribution is -0.128. The summed E-state index contributed by atoms with van der Waals surface area (Å²) in [5, 5.41) is 0. The van der Waals surface area contributed by atoms with Gasteiger partial charge in [0.15, 0.2) is 0 Å². The fourth-order valence-electron chi connectivity index (χ4n) is 4.53. The fraction of sp³-hybridized carbons (Fsp3) is 0.440. The predicted octanol–water partition coefficient (Wildman–Crippen LogP) is 4.58. The summed E-state index contributed by atoms with van der Waals surface area (Å²) in [6.07, 6.45) is 5.89. The van der Waals surface area contributed by atoms with Gasteiger partial charge in [0.1, 0.15) is 5.75 Å². The third kappa shape index (κ3) is 4.50. The quantitative estimate of drug-likeness (QED) is 0.731. The number of carbonyl (C=O) groups is 2. The average molecular weight is 407 g/mol. The van der Waals surface area contributed by atoms with E-state index < -0.39 is 0 Å². The topological polar surface area (TPSA) is 49.9 Å². The van der Waals surface area contributed by atoms with Gasteiger partial charge in [-0.15, -0.1) is 0 Å². The maximum atomic E-state index is 13.4. The zero-order chi connectivity index (χ0) is 20.9. The van der Waals surface area contributed by atoms with Gasteiger partial charge in [-0.1, -0.05) is 37.1 Å². The molecule has 4 rings (SSSR count). The molecule has 5 heteroatoms. The van der Waals surface area contributed by atoms with Gasteiger partial charge in [0, 0.05) is 31.6 Å². The number of benzene rings is 2. The smallest absolute Gasteiger partial charge is 0.254 e. The second kappa shape index (κ2) is 9.33. The van der Waals surface area contributed by atoms with Crippen LogP contribution in [-0.2, 0) is 11.3 Å². The molecule has 0 aromatic heterocycles. The molecule has 2 aromatic rings. The van der Waals surface area contributed by atoms with Crippen molar-refractivity contribution in [1.82, 2.24) is 9.80 Å². The largest absolute Gasteiger partial charge is 0.497 e. The van der Waals surface area contributed by atoms with E-state index in [1.165, 1.54) is 0 Å². The van der Waals surface area contributed by atoms with Crippen molar-refractivity contribution in [3.63, 3.8) is 0 Å². The van der Waals surface area contributed by atoms with Crippen LogP contribution in [-0.4, -0.2) is 41.8 Å². The van der Waals surface area contributed by atoms with Crippen molar-refractivity contribution in [2.24, 2.45) is 0 Å². The minimum absolute atomic E-state index is 0.0847. The van der Waals surface area contributed by atoms with Crippen LogP contribution in [0.1, 0.15) is 66.1 Å². The van der Waals surface area contributed by atoms with Crippen molar-refractivity contribution in [2.75, 3.05) is 20.2 Å². The lowest BCUT2D eigenvalue weighted by Crippen LogP contribution is -2.34. The number of nitrogens with zero attached hydrogens (tertiary/aromatic N) is 2. The van der Waals surface area contributed by atoms with Crippen molar-refractivity contribution in [3.8, 4) is 5.75 Å². The Morgan fingerprint density at radius 1 is 0.967 bits per heavy atom. The van der Waals surface area contributed by atoms with Gasteiger partial charge in [-0.05, 0) is 54.7 Å². The molecule has 2 aliphatic heterocycles. The van der Waals surface area contributed by atoms with Gasteiger partial charge in [-0.3, -0.25) is 9.59 Å². The van der Waals surface area contributed by atoms with Gasteiger partial charge in [0.2, 0.25) is 5.91 Å². The van der Waals surface area contributed by atoms with E-state index in [0.717, 1.165) is 62.1 Å². The molecule has 5 nitrogen and oxygen atoms in total. The van der Waals surface area contributed by atoms with E-state index in [1.54, 1.807) is 7.11 Å². The molecule has 0 N–H and O–H groups in total. The molecule has 0 aliphatic carbocycles. The Morgan fingerprint density at radius 2 is 1.73 bits per heavy atom. The van der Waals surface area contributed by atoms with Crippen LogP contribution < -0.4 is 4.74 Å². The first-order chi connectivity index (χ1) is 14.7. The molecule has 0 bridgehead atoms. The highest BCUT2D eigenvalue weighted by Gasteiger charge is 2.28. The zero-order valence-corrected chi connectivity index (χ0v) is 17.7. The summed E-state index contributed by atoms with van der Waals surface area (Å²) in [7, 11) is 1.67. The molecule has 2 heterocycles. The number of amides is 2. The minimum atomic E-state index is 0.0847. The Labute approximate surface area is 178 Å². The highest BCUT2D eigenvalue weighted by Crippen LogP contribution is 2.32. The lowest BCUT2D eigenvalue weighted by atomic mass is 9.99. The molecule has 0 radical (unpaired) electrons. The summed E-state index contributed by atoms with van der Waals surface area (Å²) in [4.78, 5) is 29.2. The van der Waals surface area contributed by atoms with Gasteiger partial charge in [-0.2, -0.15) is 0 Å². The summed E-state index contributed by atoms with van der Waals surface area (Å²) >= 11 is 0. The van der Waals surface area contributed by atoms with E-state index in [1.807, 2.05) is 46.2 Å². The second-order valence-electron chi connectivity index (χ2n) is 8.25. The third-order valence-electron chi connectivity index (χ3n) is 6.26. The van der Waals surface area contributed by atoms with Gasteiger partial charge < -0.3 is 14.5 Å². The monoisotopic (exact) mass is 406 g/mol. The lowest BCUT2D eigenvalue weighted by Gasteiger charge is -2.31. The Balaban J connectivity index is 1.50. The Kier molecular flexibility index (Phi) is 6.36. The van der Waals surface area contributed by atoms with E-state index in [-0.39, 0.29) is 17.9 Å². The molecule has 2 saturated heterocycles. The van der Waals surface area contributed by atoms with Crippen molar-refractivity contribution in [2.45, 2.75) is 51.1 Å². The van der Waals surface area contributed by atoms with E-state index in [2.05, 4.69) is 12.1 Å². The van der Waals surface area contributed by atoms with Crippen LogP contribution in [0.5, 0.6) is 5.75 Å². The third-order valence-corrected chi connectivity index (χ3v) is 6.26. The first kappa shape index (κ1) is 20.5. The van der Waals surface area contributed by atoms with E-state index in [9.17, 15) is 9.59 Å². The SMILES string of the molecule is COc1ccc([C@@H]2CCCCCN2C(=O)c2ccc(CN3CCCC3=O)cc2)cc1. The van der Waals surface area contributed by atoms with Crippen molar-refractivity contribution >= 4 is 11.8 Å². The summed E-state index contributed by atoms with van der Waals surface area (Å²) in [5.74, 6) is 1.14. The predicted molar refractivity (Wildman–Crippen MR) is 116 cm³/mol. The van der Waals surface area contributed by atoms with Crippen LogP contribution in [0.2, 0.25) is 0 Å². The first-order valence-corrected chi connectivity index (χ1v) is 11.0. The Morgan fingerprint density at radius 3 is 2.40 bits per heavy atom. The maximum Gasteiger partial charge on any atom is 0.254 e. The number of hydrogen-bond donors (Lipinski definition) is 0. The molecular formula is C25H30N2O3. The first-order valence-electron chi connectivity index (χ1n) is 11.0. The van der Waals surface area contributed by atoms with Gasteiger partial charge in [0.25, 0.3) is 5.91 Å². The molecule has 2 amide bonds. The van der Waals surface area contributed by atoms with Crippen LogP contribution >= 0.6 is 0 Å². The molecule has 2 aliphatic rings. The Hall–Kier alpha value is -2.82. The fourth-order valence-corrected chi connectivity index (χ4v) is 4.53. The number of rotatable bonds is 5. The number of likely N-dealkylation sites (tertiary alicyclic amines) is 2. The Bertz CT molecular complexity index is 876. The molecule has 158 valence electrons. The summed E-state index contributed by atoms with van der Waals surface area (Å²) < 4.78 is 5.29. The highest BCUT2D eigenvalue weighted by molar-refractivity contribution is 5.94. The van der Waals surface area contributed by atoms with Crippen LogP contribution in [0.3, 0.4) is 0 Å². The summed E-state index contributed by atoms with van der Waals surface area (Å²) in [6.45, 7) is 2.24. The number of hydrogen-bond acceptors (Lipinski definition) is 3. The molecular weight excluding hydrogens is 376 g/mol. The van der Waals surface area contributed by atoms with Crippen LogP contribution in [0.25, 0.3) is 0 Å². The molecule has 0 unspecified atom stereocenters. The minimum Gasteiger partial charge on any atom is -0.497 e. The van der Waals surface area contributed by atoms with E-state index in [4.69, 9.17) is 4.74 Å². The van der Waals surface area contributed by atoms with Crippen LogP contribution in [0.4, 0.5) is 0 Å².